The maximum Gasteiger partial charge on any atom is 0.326 e. The van der Waals surface area contributed by atoms with Gasteiger partial charge in [-0.15, -0.1) is 0 Å². The molecule has 1 aromatic rings. The first-order valence-corrected chi connectivity index (χ1v) is 4.79. The molecule has 1 atom stereocenters. The second kappa shape index (κ2) is 5.11. The van der Waals surface area contributed by atoms with E-state index in [1.807, 2.05) is 0 Å². The van der Waals surface area contributed by atoms with Gasteiger partial charge in [-0.3, -0.25) is 4.79 Å². The summed E-state index contributed by atoms with van der Waals surface area (Å²) in [7, 11) is 0. The summed E-state index contributed by atoms with van der Waals surface area (Å²) in [5, 5.41) is 11.1. The first kappa shape index (κ1) is 12.0. The summed E-state index contributed by atoms with van der Waals surface area (Å²) in [4.78, 5) is 26.0. The van der Waals surface area contributed by atoms with Crippen molar-refractivity contribution < 1.29 is 14.7 Å². The third kappa shape index (κ3) is 2.94. The Morgan fingerprint density at radius 1 is 1.56 bits per heavy atom. The molecule has 0 fully saturated rings. The Bertz CT molecular complexity index is 389. The number of amides is 1. The van der Waals surface area contributed by atoms with E-state index in [1.165, 1.54) is 18.3 Å². The highest BCUT2D eigenvalue weighted by Crippen LogP contribution is 2.02. The number of anilines is 1. The van der Waals surface area contributed by atoms with Gasteiger partial charge in [-0.25, -0.2) is 9.78 Å². The van der Waals surface area contributed by atoms with Gasteiger partial charge in [-0.05, 0) is 18.6 Å². The number of carboxylic acid groups (broad SMARTS) is 1. The number of carbonyl (C=O) groups excluding carboxylic acids is 1. The van der Waals surface area contributed by atoms with Gasteiger partial charge in [0.2, 0.25) is 0 Å². The number of hydrogen-bond donors (Lipinski definition) is 3. The fourth-order valence-corrected chi connectivity index (χ4v) is 1.11. The van der Waals surface area contributed by atoms with Crippen molar-refractivity contribution in [1.29, 1.82) is 0 Å². The van der Waals surface area contributed by atoms with E-state index in [0.717, 1.165) is 0 Å². The van der Waals surface area contributed by atoms with Crippen LogP contribution in [0, 0.1) is 0 Å². The third-order valence-electron chi connectivity index (χ3n) is 2.03. The van der Waals surface area contributed by atoms with E-state index in [0.29, 0.717) is 12.1 Å². The highest BCUT2D eigenvalue weighted by atomic mass is 16.4. The SMILES string of the molecule is CCC(NC(=O)c1ccc(N)cn1)C(=O)O. The summed E-state index contributed by atoms with van der Waals surface area (Å²) in [6.45, 7) is 1.68. The van der Waals surface area contributed by atoms with Crippen LogP contribution in [0.2, 0.25) is 0 Å². The van der Waals surface area contributed by atoms with Crippen LogP contribution >= 0.6 is 0 Å². The zero-order chi connectivity index (χ0) is 12.1. The van der Waals surface area contributed by atoms with Gasteiger partial charge < -0.3 is 16.2 Å². The van der Waals surface area contributed by atoms with Crippen molar-refractivity contribution in [2.24, 2.45) is 0 Å². The summed E-state index contributed by atoms with van der Waals surface area (Å²) >= 11 is 0. The van der Waals surface area contributed by atoms with Crippen LogP contribution < -0.4 is 11.1 Å². The number of aromatic nitrogens is 1. The summed E-state index contributed by atoms with van der Waals surface area (Å²) < 4.78 is 0. The number of nitrogens with zero attached hydrogens (tertiary/aromatic N) is 1. The third-order valence-corrected chi connectivity index (χ3v) is 2.03. The molecule has 86 valence electrons. The van der Waals surface area contributed by atoms with Gasteiger partial charge in [-0.1, -0.05) is 6.92 Å². The van der Waals surface area contributed by atoms with Crippen molar-refractivity contribution in [3.63, 3.8) is 0 Å². The molecule has 0 aliphatic rings. The standard InChI is InChI=1S/C10H13N3O3/c1-2-7(10(15)16)13-9(14)8-4-3-6(11)5-12-8/h3-5,7H,2,11H2,1H3,(H,13,14)(H,15,16). The molecule has 1 rings (SSSR count). The van der Waals surface area contributed by atoms with Gasteiger partial charge in [0.15, 0.2) is 0 Å². The molecular weight excluding hydrogens is 210 g/mol. The topological polar surface area (TPSA) is 105 Å². The van der Waals surface area contributed by atoms with E-state index in [2.05, 4.69) is 10.3 Å². The molecule has 1 aromatic heterocycles. The van der Waals surface area contributed by atoms with Crippen LogP contribution in [0.3, 0.4) is 0 Å². The van der Waals surface area contributed by atoms with E-state index in [9.17, 15) is 9.59 Å². The Morgan fingerprint density at radius 3 is 2.69 bits per heavy atom. The highest BCUT2D eigenvalue weighted by molar-refractivity contribution is 5.95. The van der Waals surface area contributed by atoms with Crippen LogP contribution in [-0.4, -0.2) is 28.0 Å². The predicted molar refractivity (Wildman–Crippen MR) is 57.8 cm³/mol. The van der Waals surface area contributed by atoms with Gasteiger partial charge in [0, 0.05) is 0 Å². The molecule has 0 aromatic carbocycles. The number of nitrogens with two attached hydrogens (primary N) is 1. The number of nitrogens with one attached hydrogen (secondary N) is 1. The molecule has 1 amide bonds. The molecule has 0 spiro atoms. The molecule has 0 bridgehead atoms. The van der Waals surface area contributed by atoms with Gasteiger partial charge in [0.1, 0.15) is 11.7 Å². The van der Waals surface area contributed by atoms with Crippen molar-refractivity contribution in [3.05, 3.63) is 24.0 Å². The molecule has 0 aliphatic carbocycles. The molecule has 0 saturated heterocycles. The Labute approximate surface area is 92.5 Å². The number of carbonyl (C=O) groups is 2. The second-order valence-electron chi connectivity index (χ2n) is 3.25. The van der Waals surface area contributed by atoms with Crippen molar-refractivity contribution in [3.8, 4) is 0 Å². The first-order valence-electron chi connectivity index (χ1n) is 4.79. The molecule has 0 aliphatic heterocycles. The van der Waals surface area contributed by atoms with E-state index >= 15 is 0 Å². The van der Waals surface area contributed by atoms with E-state index in [1.54, 1.807) is 6.92 Å². The molecule has 4 N–H and O–H groups in total. The molecule has 1 heterocycles. The van der Waals surface area contributed by atoms with Crippen molar-refractivity contribution in [2.75, 3.05) is 5.73 Å². The monoisotopic (exact) mass is 223 g/mol. The zero-order valence-corrected chi connectivity index (χ0v) is 8.80. The van der Waals surface area contributed by atoms with Crippen LogP contribution in [0.4, 0.5) is 5.69 Å². The lowest BCUT2D eigenvalue weighted by atomic mass is 10.2. The molecule has 1 unspecified atom stereocenters. The van der Waals surface area contributed by atoms with Crippen LogP contribution in [0.1, 0.15) is 23.8 Å². The first-order chi connectivity index (χ1) is 7.54. The fourth-order valence-electron chi connectivity index (χ4n) is 1.11. The highest BCUT2D eigenvalue weighted by Gasteiger charge is 2.18. The summed E-state index contributed by atoms with van der Waals surface area (Å²) in [6.07, 6.45) is 1.66. The van der Waals surface area contributed by atoms with Crippen molar-refractivity contribution in [1.82, 2.24) is 10.3 Å². The number of pyridine rings is 1. The van der Waals surface area contributed by atoms with Crippen molar-refractivity contribution >= 4 is 17.6 Å². The summed E-state index contributed by atoms with van der Waals surface area (Å²) in [6, 6.07) is 2.08. The molecule has 0 radical (unpaired) electrons. The number of rotatable bonds is 4. The van der Waals surface area contributed by atoms with E-state index < -0.39 is 17.9 Å². The van der Waals surface area contributed by atoms with Crippen molar-refractivity contribution in [2.45, 2.75) is 19.4 Å². The Hall–Kier alpha value is -2.11. The summed E-state index contributed by atoms with van der Waals surface area (Å²) in [5.41, 5.74) is 6.01. The van der Waals surface area contributed by atoms with E-state index in [-0.39, 0.29) is 5.69 Å². The maximum atomic E-state index is 11.6. The van der Waals surface area contributed by atoms with Gasteiger partial charge in [0.05, 0.1) is 11.9 Å². The fraction of sp³-hybridized carbons (Fsp3) is 0.300. The zero-order valence-electron chi connectivity index (χ0n) is 8.80. The number of hydrogen-bond acceptors (Lipinski definition) is 4. The minimum absolute atomic E-state index is 0.147. The largest absolute Gasteiger partial charge is 0.480 e. The average molecular weight is 223 g/mol. The lowest BCUT2D eigenvalue weighted by Gasteiger charge is -2.11. The maximum absolute atomic E-state index is 11.6. The molecular formula is C10H13N3O3. The average Bonchev–Trinajstić information content (AvgIpc) is 2.26. The van der Waals surface area contributed by atoms with Crippen LogP contribution in [0.5, 0.6) is 0 Å². The lowest BCUT2D eigenvalue weighted by Crippen LogP contribution is -2.40. The van der Waals surface area contributed by atoms with Crippen LogP contribution in [0.25, 0.3) is 0 Å². The second-order valence-corrected chi connectivity index (χ2v) is 3.25. The van der Waals surface area contributed by atoms with Gasteiger partial charge in [0.25, 0.3) is 5.91 Å². The molecule has 6 heteroatoms. The Kier molecular flexibility index (Phi) is 3.82. The normalized spacial score (nSPS) is 11.8. The Morgan fingerprint density at radius 2 is 2.25 bits per heavy atom. The van der Waals surface area contributed by atoms with Gasteiger partial charge in [-0.2, -0.15) is 0 Å². The Balaban J connectivity index is 2.71. The number of carboxylic acids is 1. The van der Waals surface area contributed by atoms with Crippen LogP contribution in [0.15, 0.2) is 18.3 Å². The number of aliphatic carboxylic acids is 1. The minimum atomic E-state index is -1.06. The summed E-state index contributed by atoms with van der Waals surface area (Å²) in [5.74, 6) is -1.58. The molecule has 0 saturated carbocycles. The molecule has 6 nitrogen and oxygen atoms in total. The lowest BCUT2D eigenvalue weighted by molar-refractivity contribution is -0.139. The molecule has 16 heavy (non-hydrogen) atoms. The smallest absolute Gasteiger partial charge is 0.326 e. The minimum Gasteiger partial charge on any atom is -0.480 e. The number of nitrogen functional groups attached to an aromatic ring is 1. The van der Waals surface area contributed by atoms with Crippen LogP contribution in [-0.2, 0) is 4.79 Å². The van der Waals surface area contributed by atoms with E-state index in [4.69, 9.17) is 10.8 Å². The predicted octanol–water partition coefficient (Wildman–Crippen LogP) is 0.257. The quantitative estimate of drug-likeness (QED) is 0.678. The van der Waals surface area contributed by atoms with Gasteiger partial charge >= 0.3 is 5.97 Å².